The van der Waals surface area contributed by atoms with Gasteiger partial charge >= 0.3 is 0 Å². The Morgan fingerprint density at radius 2 is 1.83 bits per heavy atom. The van der Waals surface area contributed by atoms with Gasteiger partial charge in [-0.05, 0) is 43.7 Å². The summed E-state index contributed by atoms with van der Waals surface area (Å²) in [5.74, 6) is -2.32. The minimum absolute atomic E-state index is 0.161. The van der Waals surface area contributed by atoms with Gasteiger partial charge in [-0.25, -0.2) is 4.90 Å². The van der Waals surface area contributed by atoms with E-state index in [1.165, 1.54) is 6.07 Å². The van der Waals surface area contributed by atoms with Gasteiger partial charge in [-0.15, -0.1) is 0 Å². The second-order valence-corrected chi connectivity index (χ2v) is 9.12. The van der Waals surface area contributed by atoms with Crippen LogP contribution >= 0.6 is 23.2 Å². The van der Waals surface area contributed by atoms with Gasteiger partial charge in [0.25, 0.3) is 0 Å². The van der Waals surface area contributed by atoms with Crippen LogP contribution in [0.1, 0.15) is 18.4 Å². The average molecular weight is 442 g/mol. The first kappa shape index (κ1) is 18.4. The quantitative estimate of drug-likeness (QED) is 0.688. The number of carbonyl (C=O) groups is 3. The number of fused-ring (bicyclic) bond motifs is 7. The van der Waals surface area contributed by atoms with E-state index in [0.29, 0.717) is 17.3 Å². The lowest BCUT2D eigenvalue weighted by Gasteiger charge is -2.36. The Labute approximate surface area is 182 Å². The number of nitrogens with zero attached hydrogens (tertiary/aromatic N) is 2. The van der Waals surface area contributed by atoms with Crippen LogP contribution in [0.25, 0.3) is 0 Å². The van der Waals surface area contributed by atoms with Crippen LogP contribution in [0.3, 0.4) is 0 Å². The van der Waals surface area contributed by atoms with Gasteiger partial charge in [0.2, 0.25) is 17.7 Å². The number of imide groups is 1. The third-order valence-corrected chi connectivity index (χ3v) is 7.60. The normalized spacial score (nSPS) is 32.0. The lowest BCUT2D eigenvalue weighted by molar-refractivity contribution is -0.135. The second-order valence-electron chi connectivity index (χ2n) is 8.28. The molecule has 0 radical (unpaired) electrons. The molecule has 4 heterocycles. The summed E-state index contributed by atoms with van der Waals surface area (Å²) < 4.78 is 0. The highest BCUT2D eigenvalue weighted by Gasteiger charge is 2.74. The van der Waals surface area contributed by atoms with Gasteiger partial charge in [-0.2, -0.15) is 0 Å². The summed E-state index contributed by atoms with van der Waals surface area (Å²) in [7, 11) is 0. The maximum absolute atomic E-state index is 13.8. The van der Waals surface area contributed by atoms with Gasteiger partial charge < -0.3 is 5.32 Å². The number of benzene rings is 2. The molecule has 4 atom stereocenters. The number of halogens is 2. The number of nitrogens with one attached hydrogen (secondary N) is 1. The third-order valence-electron chi connectivity index (χ3n) is 7.05. The van der Waals surface area contributed by atoms with Gasteiger partial charge in [0, 0.05) is 22.3 Å². The van der Waals surface area contributed by atoms with Crippen molar-refractivity contribution in [1.29, 1.82) is 0 Å². The minimum Gasteiger partial charge on any atom is -0.324 e. The van der Waals surface area contributed by atoms with E-state index < -0.39 is 23.3 Å². The zero-order valence-corrected chi connectivity index (χ0v) is 17.3. The van der Waals surface area contributed by atoms with Crippen molar-refractivity contribution in [1.82, 2.24) is 4.90 Å². The van der Waals surface area contributed by atoms with E-state index in [0.717, 1.165) is 23.3 Å². The smallest absolute Gasteiger partial charge is 0.250 e. The maximum atomic E-state index is 13.8. The Bertz CT molecular complexity index is 1150. The molecular formula is C22H17Cl2N3O3. The summed E-state index contributed by atoms with van der Waals surface area (Å²) in [6.07, 6.45) is 1.65. The molecule has 8 heteroatoms. The molecule has 152 valence electrons. The Kier molecular flexibility index (Phi) is 3.71. The monoisotopic (exact) mass is 441 g/mol. The van der Waals surface area contributed by atoms with Crippen LogP contribution in [0.15, 0.2) is 42.5 Å². The van der Waals surface area contributed by atoms with Crippen LogP contribution < -0.4 is 10.2 Å². The molecule has 0 unspecified atom stereocenters. The van der Waals surface area contributed by atoms with Crippen molar-refractivity contribution in [3.63, 3.8) is 0 Å². The summed E-state index contributed by atoms with van der Waals surface area (Å²) in [4.78, 5) is 44.1. The van der Waals surface area contributed by atoms with E-state index in [4.69, 9.17) is 23.2 Å². The van der Waals surface area contributed by atoms with Gasteiger partial charge in [-0.3, -0.25) is 19.3 Å². The Balaban J connectivity index is 1.57. The van der Waals surface area contributed by atoms with Crippen LogP contribution in [0.4, 0.5) is 11.4 Å². The summed E-state index contributed by atoms with van der Waals surface area (Å²) in [5.41, 5.74) is 0.581. The molecule has 6 nitrogen and oxygen atoms in total. The lowest BCUT2D eigenvalue weighted by Crippen LogP contribution is -2.54. The number of rotatable bonds is 1. The van der Waals surface area contributed by atoms with E-state index >= 15 is 0 Å². The number of hydrogen-bond donors (Lipinski definition) is 1. The first-order valence-electron chi connectivity index (χ1n) is 9.97. The standard InChI is InChI=1S/C22H17Cl2N3O3/c23-11-7-8-13(24)16(10-11)27-19(28)17-15-6-3-9-26(15)22(18(17)20(27)29)12-4-1-2-5-14(12)25-21(22)30/h1-2,4-5,7-8,10,15,17-18H,3,6,9H2,(H,25,30)/t15-,17+,18+,22+/m1/s1. The van der Waals surface area contributed by atoms with Crippen LogP contribution in [0.2, 0.25) is 10.0 Å². The summed E-state index contributed by atoms with van der Waals surface area (Å²) >= 11 is 12.5. The van der Waals surface area contributed by atoms with E-state index in [9.17, 15) is 14.4 Å². The van der Waals surface area contributed by atoms with Crippen LogP contribution in [0.5, 0.6) is 0 Å². The minimum atomic E-state index is -1.17. The van der Waals surface area contributed by atoms with Crippen molar-refractivity contribution < 1.29 is 14.4 Å². The van der Waals surface area contributed by atoms with Gasteiger partial charge in [-0.1, -0.05) is 41.4 Å². The first-order valence-corrected chi connectivity index (χ1v) is 10.7. The van der Waals surface area contributed by atoms with Crippen molar-refractivity contribution in [2.45, 2.75) is 24.4 Å². The van der Waals surface area contributed by atoms with Crippen molar-refractivity contribution in [2.75, 3.05) is 16.8 Å². The maximum Gasteiger partial charge on any atom is 0.250 e. The molecule has 2 aromatic carbocycles. The molecule has 4 aliphatic rings. The zero-order valence-electron chi connectivity index (χ0n) is 15.8. The number of anilines is 2. The molecule has 3 saturated heterocycles. The Morgan fingerprint density at radius 3 is 2.67 bits per heavy atom. The molecule has 1 spiro atoms. The molecule has 2 aromatic rings. The van der Waals surface area contributed by atoms with Crippen LogP contribution in [0, 0.1) is 11.8 Å². The summed E-state index contributed by atoms with van der Waals surface area (Å²) in [5, 5.41) is 3.61. The van der Waals surface area contributed by atoms with E-state index in [1.54, 1.807) is 12.1 Å². The van der Waals surface area contributed by atoms with Gasteiger partial charge in [0.05, 0.1) is 22.5 Å². The van der Waals surface area contributed by atoms with Crippen molar-refractivity contribution in [3.8, 4) is 0 Å². The molecule has 4 aliphatic heterocycles. The van der Waals surface area contributed by atoms with Crippen LogP contribution in [-0.4, -0.2) is 35.2 Å². The highest BCUT2D eigenvalue weighted by atomic mass is 35.5. The number of amides is 3. The first-order chi connectivity index (χ1) is 14.5. The largest absolute Gasteiger partial charge is 0.324 e. The fourth-order valence-electron chi connectivity index (χ4n) is 6.05. The molecule has 0 saturated carbocycles. The molecule has 1 N–H and O–H groups in total. The average Bonchev–Trinajstić information content (AvgIpc) is 3.42. The predicted octanol–water partition coefficient (Wildman–Crippen LogP) is 3.42. The molecule has 0 bridgehead atoms. The molecule has 6 rings (SSSR count). The molecule has 0 aromatic heterocycles. The predicted molar refractivity (Wildman–Crippen MR) is 112 cm³/mol. The fraction of sp³-hybridized carbons (Fsp3) is 0.318. The Hall–Kier alpha value is -2.41. The van der Waals surface area contributed by atoms with E-state index in [1.807, 2.05) is 24.3 Å². The third kappa shape index (κ3) is 2.02. The van der Waals surface area contributed by atoms with Crippen molar-refractivity contribution in [2.24, 2.45) is 11.8 Å². The van der Waals surface area contributed by atoms with E-state index in [2.05, 4.69) is 10.2 Å². The van der Waals surface area contributed by atoms with Gasteiger partial charge in [0.15, 0.2) is 0 Å². The van der Waals surface area contributed by atoms with Gasteiger partial charge in [0.1, 0.15) is 5.54 Å². The second kappa shape index (κ2) is 6.06. The fourth-order valence-corrected chi connectivity index (χ4v) is 6.42. The van der Waals surface area contributed by atoms with E-state index in [-0.39, 0.29) is 28.6 Å². The molecule has 30 heavy (non-hydrogen) atoms. The molecular weight excluding hydrogens is 425 g/mol. The SMILES string of the molecule is O=C1[C@H]2[C@H]3CCCN3[C@]3(C(=O)Nc4ccccc43)[C@@H]2C(=O)N1c1cc(Cl)ccc1Cl. The summed E-state index contributed by atoms with van der Waals surface area (Å²) in [6, 6.07) is 12.0. The number of hydrogen-bond acceptors (Lipinski definition) is 4. The molecule has 3 amide bonds. The summed E-state index contributed by atoms with van der Waals surface area (Å²) in [6.45, 7) is 0.678. The number of para-hydroxylation sites is 1. The molecule has 3 fully saturated rings. The molecule has 0 aliphatic carbocycles. The highest BCUT2D eigenvalue weighted by Crippen LogP contribution is 2.60. The lowest BCUT2D eigenvalue weighted by atomic mass is 9.75. The van der Waals surface area contributed by atoms with Crippen LogP contribution in [-0.2, 0) is 19.9 Å². The zero-order chi connectivity index (χ0) is 20.8. The topological polar surface area (TPSA) is 69.7 Å². The Morgan fingerprint density at radius 1 is 1.03 bits per heavy atom. The number of carbonyl (C=O) groups excluding carboxylic acids is 3. The highest BCUT2D eigenvalue weighted by molar-refractivity contribution is 6.38. The van der Waals surface area contributed by atoms with Crippen molar-refractivity contribution in [3.05, 3.63) is 58.1 Å². The van der Waals surface area contributed by atoms with Crippen molar-refractivity contribution >= 4 is 52.3 Å².